The Morgan fingerprint density at radius 1 is 1.35 bits per heavy atom. The van der Waals surface area contributed by atoms with E-state index in [0.717, 1.165) is 47.8 Å². The third-order valence-electron chi connectivity index (χ3n) is 4.89. The van der Waals surface area contributed by atoms with Crippen molar-refractivity contribution >= 4 is 23.1 Å². The van der Waals surface area contributed by atoms with Gasteiger partial charge in [-0.25, -0.2) is 0 Å². The van der Waals surface area contributed by atoms with Gasteiger partial charge in [-0.2, -0.15) is 5.10 Å². The average molecular weight is 354 g/mol. The number of rotatable bonds is 4. The number of ether oxygens (including phenoxy) is 1. The lowest BCUT2D eigenvalue weighted by Gasteiger charge is -2.37. The lowest BCUT2D eigenvalue weighted by atomic mass is 10.1. The molecule has 26 heavy (non-hydrogen) atoms. The first kappa shape index (κ1) is 16.4. The van der Waals surface area contributed by atoms with Crippen LogP contribution in [0.4, 0.5) is 0 Å². The Morgan fingerprint density at radius 3 is 3.00 bits per heavy atom. The third-order valence-corrected chi connectivity index (χ3v) is 4.89. The van der Waals surface area contributed by atoms with Crippen LogP contribution in [0.1, 0.15) is 18.7 Å². The van der Waals surface area contributed by atoms with Gasteiger partial charge in [-0.05, 0) is 31.2 Å². The van der Waals surface area contributed by atoms with Gasteiger partial charge in [-0.3, -0.25) is 14.9 Å². The summed E-state index contributed by atoms with van der Waals surface area (Å²) >= 11 is 0. The van der Waals surface area contributed by atoms with E-state index in [9.17, 15) is 4.79 Å². The SMILES string of the molecule is CCN1CCN(C2=CC(c3[nH]nc4ccc(OC)cc34)N=CN2)CC1=O. The highest BCUT2D eigenvalue weighted by molar-refractivity contribution is 5.84. The van der Waals surface area contributed by atoms with Gasteiger partial charge in [0.1, 0.15) is 17.6 Å². The monoisotopic (exact) mass is 354 g/mol. The molecule has 136 valence electrons. The number of amides is 1. The third kappa shape index (κ3) is 2.87. The molecule has 8 heteroatoms. The molecule has 2 N–H and O–H groups in total. The van der Waals surface area contributed by atoms with Gasteiger partial charge in [0.15, 0.2) is 0 Å². The first-order valence-electron chi connectivity index (χ1n) is 8.74. The van der Waals surface area contributed by atoms with E-state index >= 15 is 0 Å². The Hall–Kier alpha value is -3.03. The fourth-order valence-corrected chi connectivity index (χ4v) is 3.39. The van der Waals surface area contributed by atoms with Crippen molar-refractivity contribution < 1.29 is 9.53 Å². The van der Waals surface area contributed by atoms with E-state index in [4.69, 9.17) is 4.74 Å². The summed E-state index contributed by atoms with van der Waals surface area (Å²) in [6.07, 6.45) is 3.71. The molecular formula is C18H22N6O2. The van der Waals surface area contributed by atoms with Crippen molar-refractivity contribution in [2.45, 2.75) is 13.0 Å². The number of piperazine rings is 1. The fraction of sp³-hybridized carbons (Fsp3) is 0.389. The minimum absolute atomic E-state index is 0.150. The Labute approximate surface area is 151 Å². The second-order valence-electron chi connectivity index (χ2n) is 6.33. The fourth-order valence-electron chi connectivity index (χ4n) is 3.39. The number of benzene rings is 1. The maximum absolute atomic E-state index is 12.2. The number of hydrogen-bond acceptors (Lipinski definition) is 6. The average Bonchev–Trinajstić information content (AvgIpc) is 3.11. The largest absolute Gasteiger partial charge is 0.497 e. The summed E-state index contributed by atoms with van der Waals surface area (Å²) in [4.78, 5) is 20.7. The molecule has 1 atom stereocenters. The van der Waals surface area contributed by atoms with Gasteiger partial charge in [-0.15, -0.1) is 0 Å². The summed E-state index contributed by atoms with van der Waals surface area (Å²) in [6.45, 7) is 4.68. The molecule has 0 aliphatic carbocycles. The van der Waals surface area contributed by atoms with E-state index in [0.29, 0.717) is 6.54 Å². The highest BCUT2D eigenvalue weighted by Crippen LogP contribution is 2.30. The van der Waals surface area contributed by atoms with Crippen LogP contribution in [0.5, 0.6) is 5.75 Å². The van der Waals surface area contributed by atoms with Gasteiger partial charge in [-0.1, -0.05) is 0 Å². The molecule has 2 aliphatic rings. The van der Waals surface area contributed by atoms with Crippen molar-refractivity contribution in [3.8, 4) is 5.75 Å². The number of H-pyrrole nitrogens is 1. The molecule has 8 nitrogen and oxygen atoms in total. The highest BCUT2D eigenvalue weighted by atomic mass is 16.5. The predicted octanol–water partition coefficient (Wildman–Crippen LogP) is 1.25. The van der Waals surface area contributed by atoms with Crippen molar-refractivity contribution in [2.75, 3.05) is 33.3 Å². The number of nitrogens with zero attached hydrogens (tertiary/aromatic N) is 4. The zero-order valence-electron chi connectivity index (χ0n) is 14.9. The zero-order chi connectivity index (χ0) is 18.1. The van der Waals surface area contributed by atoms with Crippen LogP contribution in [-0.2, 0) is 4.79 Å². The molecule has 0 spiro atoms. The summed E-state index contributed by atoms with van der Waals surface area (Å²) < 4.78 is 5.32. The molecule has 2 aromatic rings. The predicted molar refractivity (Wildman–Crippen MR) is 98.9 cm³/mol. The standard InChI is InChI=1S/C18H22N6O2/c1-3-23-6-7-24(10-17(23)25)16-9-15(19-11-20-16)18-13-8-12(26-2)4-5-14(13)21-22-18/h4-5,8-9,11,15H,3,6-7,10H2,1-2H3,(H,19,20)(H,21,22). The van der Waals surface area contributed by atoms with E-state index in [1.807, 2.05) is 36.1 Å². The normalized spacial score (nSPS) is 20.3. The molecule has 1 aromatic carbocycles. The van der Waals surface area contributed by atoms with Crippen LogP contribution >= 0.6 is 0 Å². The molecule has 4 rings (SSSR count). The molecule has 2 aliphatic heterocycles. The second-order valence-corrected chi connectivity index (χ2v) is 6.33. The number of methoxy groups -OCH3 is 1. The minimum atomic E-state index is -0.192. The Balaban J connectivity index is 1.61. The maximum atomic E-state index is 12.2. The smallest absolute Gasteiger partial charge is 0.242 e. The van der Waals surface area contributed by atoms with Crippen molar-refractivity contribution in [3.05, 3.63) is 35.8 Å². The quantitative estimate of drug-likeness (QED) is 0.863. The number of nitrogens with one attached hydrogen (secondary N) is 2. The number of carbonyl (C=O) groups is 1. The summed E-state index contributed by atoms with van der Waals surface area (Å²) in [5, 5.41) is 11.6. The van der Waals surface area contributed by atoms with Gasteiger partial charge >= 0.3 is 0 Å². The lowest BCUT2D eigenvalue weighted by molar-refractivity contribution is -0.134. The number of likely N-dealkylation sites (N-methyl/N-ethyl adjacent to an activating group) is 1. The number of fused-ring (bicyclic) bond motifs is 1. The molecule has 0 bridgehead atoms. The number of aromatic amines is 1. The van der Waals surface area contributed by atoms with Gasteiger partial charge < -0.3 is 19.9 Å². The van der Waals surface area contributed by atoms with Crippen LogP contribution in [0.2, 0.25) is 0 Å². The van der Waals surface area contributed by atoms with Crippen molar-refractivity contribution in [3.63, 3.8) is 0 Å². The zero-order valence-corrected chi connectivity index (χ0v) is 14.9. The molecule has 3 heterocycles. The summed E-state index contributed by atoms with van der Waals surface area (Å²) in [7, 11) is 1.65. The molecule has 1 aromatic heterocycles. The van der Waals surface area contributed by atoms with Crippen LogP contribution in [0, 0.1) is 0 Å². The van der Waals surface area contributed by atoms with E-state index in [1.54, 1.807) is 13.4 Å². The van der Waals surface area contributed by atoms with Crippen LogP contribution in [0.25, 0.3) is 10.9 Å². The van der Waals surface area contributed by atoms with Crippen LogP contribution in [-0.4, -0.2) is 65.5 Å². The maximum Gasteiger partial charge on any atom is 0.242 e. The number of aliphatic imine (C=N–C) groups is 1. The van der Waals surface area contributed by atoms with Crippen molar-refractivity contribution in [1.29, 1.82) is 0 Å². The Kier molecular flexibility index (Phi) is 4.24. The Bertz CT molecular complexity index is 887. The first-order valence-corrected chi connectivity index (χ1v) is 8.74. The van der Waals surface area contributed by atoms with Gasteiger partial charge in [0, 0.05) is 25.0 Å². The topological polar surface area (TPSA) is 85.8 Å². The highest BCUT2D eigenvalue weighted by Gasteiger charge is 2.26. The van der Waals surface area contributed by atoms with Gasteiger partial charge in [0.2, 0.25) is 5.91 Å². The van der Waals surface area contributed by atoms with Gasteiger partial charge in [0.25, 0.3) is 0 Å². The van der Waals surface area contributed by atoms with Crippen molar-refractivity contribution in [1.82, 2.24) is 25.3 Å². The van der Waals surface area contributed by atoms with Crippen LogP contribution in [0.15, 0.2) is 35.1 Å². The second kappa shape index (κ2) is 6.70. The molecule has 0 saturated carbocycles. The van der Waals surface area contributed by atoms with Crippen LogP contribution < -0.4 is 10.1 Å². The molecule has 1 fully saturated rings. The van der Waals surface area contributed by atoms with Crippen molar-refractivity contribution in [2.24, 2.45) is 4.99 Å². The lowest BCUT2D eigenvalue weighted by Crippen LogP contribution is -2.51. The molecule has 1 unspecified atom stereocenters. The first-order chi connectivity index (χ1) is 12.7. The summed E-state index contributed by atoms with van der Waals surface area (Å²) in [6, 6.07) is 5.58. The van der Waals surface area contributed by atoms with Gasteiger partial charge in [0.05, 0.1) is 31.2 Å². The number of aromatic nitrogens is 2. The number of hydrogen-bond donors (Lipinski definition) is 2. The summed E-state index contributed by atoms with van der Waals surface area (Å²) in [5.74, 6) is 1.83. The van der Waals surface area contributed by atoms with Crippen LogP contribution in [0.3, 0.4) is 0 Å². The molecule has 0 radical (unpaired) electrons. The van der Waals surface area contributed by atoms with E-state index in [1.165, 1.54) is 0 Å². The van der Waals surface area contributed by atoms with E-state index in [2.05, 4.69) is 25.4 Å². The number of carbonyl (C=O) groups excluding carboxylic acids is 1. The summed E-state index contributed by atoms with van der Waals surface area (Å²) in [5.41, 5.74) is 1.78. The van der Waals surface area contributed by atoms with E-state index < -0.39 is 0 Å². The molecule has 1 amide bonds. The minimum Gasteiger partial charge on any atom is -0.497 e. The molecular weight excluding hydrogens is 332 g/mol. The van der Waals surface area contributed by atoms with E-state index in [-0.39, 0.29) is 11.9 Å². The molecule has 1 saturated heterocycles. The Morgan fingerprint density at radius 2 is 2.23 bits per heavy atom.